The number of esters is 1. The molecule has 2 aliphatic rings. The molecule has 1 unspecified atom stereocenters. The first-order valence-electron chi connectivity index (χ1n) is 6.12. The molecule has 5 heteroatoms. The zero-order valence-electron chi connectivity index (χ0n) is 10.6. The molecule has 0 aromatic rings. The Kier molecular flexibility index (Phi) is 4.47. The Balaban J connectivity index is 2.30. The molecule has 2 N–H and O–H groups in total. The molecule has 0 aromatic heterocycles. The molecule has 0 saturated carbocycles. The summed E-state index contributed by atoms with van der Waals surface area (Å²) in [6.07, 6.45) is -1.35. The SMILES string of the molecule is C=C1C[C@@H]2OC(=O)C(=C)C2[C@H](O)[C@H](O)C(=C)CC[I-]1. The molecule has 4 nitrogen and oxygen atoms in total. The van der Waals surface area contributed by atoms with Crippen molar-refractivity contribution in [1.29, 1.82) is 0 Å². The minimum absolute atomic E-state index is 0.207. The van der Waals surface area contributed by atoms with Crippen LogP contribution in [0.2, 0.25) is 0 Å². The van der Waals surface area contributed by atoms with Crippen LogP contribution in [0, 0.1) is 5.92 Å². The Labute approximate surface area is 123 Å². The molecule has 19 heavy (non-hydrogen) atoms. The van der Waals surface area contributed by atoms with Crippen LogP contribution in [0.25, 0.3) is 0 Å². The number of hydrogen-bond donors (Lipinski definition) is 2. The number of ether oxygens (including phenoxy) is 1. The Morgan fingerprint density at radius 3 is 2.63 bits per heavy atom. The summed E-state index contributed by atoms with van der Waals surface area (Å²) in [5.41, 5.74) is 0.837. The van der Waals surface area contributed by atoms with Gasteiger partial charge in [0.1, 0.15) is 0 Å². The first kappa shape index (κ1) is 14.7. The van der Waals surface area contributed by atoms with Crippen molar-refractivity contribution in [3.05, 3.63) is 34.5 Å². The summed E-state index contributed by atoms with van der Waals surface area (Å²) in [5.74, 6) is -1.06. The van der Waals surface area contributed by atoms with Gasteiger partial charge in [0.25, 0.3) is 0 Å². The van der Waals surface area contributed by atoms with Gasteiger partial charge in [-0.05, 0) is 0 Å². The number of aliphatic hydroxyl groups is 2. The van der Waals surface area contributed by atoms with Crippen LogP contribution in [0.15, 0.2) is 34.5 Å². The number of alkyl halides is 1. The third kappa shape index (κ3) is 2.93. The predicted octanol–water partition coefficient (Wildman–Crippen LogP) is -2.24. The second-order valence-electron chi connectivity index (χ2n) is 4.88. The molecule has 106 valence electrons. The van der Waals surface area contributed by atoms with Crippen LogP contribution < -0.4 is 21.2 Å². The van der Waals surface area contributed by atoms with E-state index in [1.165, 1.54) is 0 Å². The summed E-state index contributed by atoms with van der Waals surface area (Å²) in [4.78, 5) is 11.6. The van der Waals surface area contributed by atoms with E-state index in [-0.39, 0.29) is 26.8 Å². The molecular formula is C14H18IO4-. The molecule has 0 amide bonds. The number of fused-ring (bicyclic) bond motifs is 1. The van der Waals surface area contributed by atoms with E-state index < -0.39 is 30.2 Å². The van der Waals surface area contributed by atoms with Gasteiger partial charge in [0.05, 0.1) is 0 Å². The van der Waals surface area contributed by atoms with E-state index >= 15 is 0 Å². The fourth-order valence-corrected chi connectivity index (χ4v) is 4.87. The van der Waals surface area contributed by atoms with Crippen molar-refractivity contribution in [1.82, 2.24) is 0 Å². The second-order valence-corrected chi connectivity index (χ2v) is 8.25. The summed E-state index contributed by atoms with van der Waals surface area (Å²) >= 11 is -0.207. The predicted molar refractivity (Wildman–Crippen MR) is 66.9 cm³/mol. The van der Waals surface area contributed by atoms with E-state index in [2.05, 4.69) is 19.7 Å². The van der Waals surface area contributed by atoms with Crippen molar-refractivity contribution in [3.63, 3.8) is 0 Å². The molecule has 2 fully saturated rings. The summed E-state index contributed by atoms with van der Waals surface area (Å²) < 4.78 is 7.28. The first-order valence-corrected chi connectivity index (χ1v) is 8.72. The van der Waals surface area contributed by atoms with Gasteiger partial charge in [0, 0.05) is 0 Å². The third-order valence-corrected chi connectivity index (χ3v) is 6.15. The van der Waals surface area contributed by atoms with Gasteiger partial charge >= 0.3 is 123 Å². The van der Waals surface area contributed by atoms with E-state index in [9.17, 15) is 15.0 Å². The molecule has 0 bridgehead atoms. The summed E-state index contributed by atoms with van der Waals surface area (Å²) in [7, 11) is 0. The molecular weight excluding hydrogens is 359 g/mol. The quantitative estimate of drug-likeness (QED) is 0.165. The van der Waals surface area contributed by atoms with Crippen molar-refractivity contribution < 1.29 is 40.9 Å². The van der Waals surface area contributed by atoms with Crippen molar-refractivity contribution in [3.8, 4) is 0 Å². The molecule has 0 aliphatic carbocycles. The van der Waals surface area contributed by atoms with Gasteiger partial charge in [0.15, 0.2) is 0 Å². The van der Waals surface area contributed by atoms with E-state index in [1.807, 2.05) is 0 Å². The van der Waals surface area contributed by atoms with Gasteiger partial charge in [-0.3, -0.25) is 0 Å². The molecule has 2 rings (SSSR count). The molecule has 2 aliphatic heterocycles. The van der Waals surface area contributed by atoms with Crippen molar-refractivity contribution >= 4 is 5.97 Å². The normalized spacial score (nSPS) is 37.4. The average Bonchev–Trinajstić information content (AvgIpc) is 2.62. The van der Waals surface area contributed by atoms with Gasteiger partial charge in [-0.1, -0.05) is 0 Å². The first-order chi connectivity index (χ1) is 8.91. The third-order valence-electron chi connectivity index (χ3n) is 3.55. The van der Waals surface area contributed by atoms with Gasteiger partial charge < -0.3 is 0 Å². The maximum absolute atomic E-state index is 11.6. The topological polar surface area (TPSA) is 66.8 Å². The molecule has 0 radical (unpaired) electrons. The Morgan fingerprint density at radius 2 is 1.95 bits per heavy atom. The molecule has 2 saturated heterocycles. The Morgan fingerprint density at radius 1 is 1.26 bits per heavy atom. The monoisotopic (exact) mass is 377 g/mol. The summed E-state index contributed by atoms with van der Waals surface area (Å²) in [6, 6.07) is 0. The van der Waals surface area contributed by atoms with Crippen LogP contribution in [0.4, 0.5) is 0 Å². The average molecular weight is 377 g/mol. The van der Waals surface area contributed by atoms with Crippen LogP contribution in [0.1, 0.15) is 12.8 Å². The molecule has 2 heterocycles. The zero-order valence-corrected chi connectivity index (χ0v) is 12.8. The van der Waals surface area contributed by atoms with Crippen molar-refractivity contribution in [2.45, 2.75) is 31.2 Å². The van der Waals surface area contributed by atoms with E-state index in [1.54, 1.807) is 0 Å². The van der Waals surface area contributed by atoms with Crippen LogP contribution in [0.5, 0.6) is 0 Å². The van der Waals surface area contributed by atoms with Crippen LogP contribution in [-0.2, 0) is 9.53 Å². The van der Waals surface area contributed by atoms with Gasteiger partial charge in [-0.15, -0.1) is 0 Å². The number of halogens is 1. The van der Waals surface area contributed by atoms with E-state index in [0.29, 0.717) is 18.4 Å². The zero-order chi connectivity index (χ0) is 14.2. The number of carbonyl (C=O) groups is 1. The number of rotatable bonds is 0. The standard InChI is InChI=1S/C14H18IO4/c1-7-4-5-15-8(2)6-10-11(13(17)12(7)16)9(3)14(18)19-10/h10-13,16-17H,1-6H2/q-1/t10-,11?,12+,13-/m0/s1. The van der Waals surface area contributed by atoms with Crippen molar-refractivity contribution in [2.75, 3.05) is 4.43 Å². The van der Waals surface area contributed by atoms with Crippen LogP contribution in [0.3, 0.4) is 0 Å². The van der Waals surface area contributed by atoms with Crippen LogP contribution >= 0.6 is 0 Å². The molecule has 0 spiro atoms. The fourth-order valence-electron chi connectivity index (χ4n) is 2.40. The van der Waals surface area contributed by atoms with Gasteiger partial charge in [0.2, 0.25) is 0 Å². The Bertz CT molecular complexity index is 443. The number of hydrogen-bond acceptors (Lipinski definition) is 4. The number of carbonyl (C=O) groups excluding carboxylic acids is 1. The molecule has 0 aromatic carbocycles. The van der Waals surface area contributed by atoms with E-state index in [4.69, 9.17) is 4.74 Å². The number of aliphatic hydroxyl groups excluding tert-OH is 2. The Hall–Kier alpha value is -0.660. The second kappa shape index (κ2) is 5.76. The van der Waals surface area contributed by atoms with Gasteiger partial charge in [-0.2, -0.15) is 0 Å². The summed E-state index contributed by atoms with van der Waals surface area (Å²) in [5, 5.41) is 20.4. The minimum atomic E-state index is -1.10. The van der Waals surface area contributed by atoms with Gasteiger partial charge in [-0.25, -0.2) is 0 Å². The fraction of sp³-hybridized carbons (Fsp3) is 0.500. The van der Waals surface area contributed by atoms with Crippen molar-refractivity contribution in [2.24, 2.45) is 5.92 Å². The molecule has 4 atom stereocenters. The maximum atomic E-state index is 11.6. The van der Waals surface area contributed by atoms with E-state index in [0.717, 1.165) is 8.01 Å². The summed E-state index contributed by atoms with van der Waals surface area (Å²) in [6.45, 7) is 11.5. The van der Waals surface area contributed by atoms with Crippen LogP contribution in [-0.4, -0.2) is 38.9 Å².